The Bertz CT molecular complexity index is 752. The highest BCUT2D eigenvalue weighted by molar-refractivity contribution is 6.32. The number of nitrogens with one attached hydrogen (secondary N) is 1. The summed E-state index contributed by atoms with van der Waals surface area (Å²) in [7, 11) is 0. The topological polar surface area (TPSA) is 53.9 Å². The van der Waals surface area contributed by atoms with Crippen LogP contribution in [0.4, 0.5) is 11.6 Å². The van der Waals surface area contributed by atoms with Crippen molar-refractivity contribution in [1.29, 1.82) is 0 Å². The zero-order valence-corrected chi connectivity index (χ0v) is 13.9. The van der Waals surface area contributed by atoms with E-state index >= 15 is 0 Å². The van der Waals surface area contributed by atoms with E-state index in [1.165, 1.54) is 11.9 Å². The average molecular weight is 340 g/mol. The molecule has 2 heterocycles. The SMILES string of the molecule is Clc1cncnc1NCCN(Cc1ccccc1)c1ccccn1. The zero-order chi connectivity index (χ0) is 16.6. The molecule has 0 aliphatic heterocycles. The van der Waals surface area contributed by atoms with Crippen LogP contribution < -0.4 is 10.2 Å². The molecule has 0 aliphatic carbocycles. The van der Waals surface area contributed by atoms with Gasteiger partial charge < -0.3 is 10.2 Å². The summed E-state index contributed by atoms with van der Waals surface area (Å²) in [6, 6.07) is 16.3. The molecule has 1 aromatic carbocycles. The van der Waals surface area contributed by atoms with Crippen LogP contribution >= 0.6 is 11.6 Å². The fourth-order valence-electron chi connectivity index (χ4n) is 2.37. The number of hydrogen-bond donors (Lipinski definition) is 1. The fourth-order valence-corrected chi connectivity index (χ4v) is 2.54. The highest BCUT2D eigenvalue weighted by atomic mass is 35.5. The van der Waals surface area contributed by atoms with Crippen molar-refractivity contribution in [3.05, 3.63) is 77.8 Å². The van der Waals surface area contributed by atoms with Crippen LogP contribution in [-0.4, -0.2) is 28.0 Å². The molecule has 0 fully saturated rings. The summed E-state index contributed by atoms with van der Waals surface area (Å²) < 4.78 is 0. The van der Waals surface area contributed by atoms with E-state index in [4.69, 9.17) is 11.6 Å². The van der Waals surface area contributed by atoms with Gasteiger partial charge in [-0.05, 0) is 17.7 Å². The second-order valence-electron chi connectivity index (χ2n) is 5.24. The van der Waals surface area contributed by atoms with Gasteiger partial charge in [0.15, 0.2) is 0 Å². The number of anilines is 2. The third-order valence-electron chi connectivity index (χ3n) is 3.53. The van der Waals surface area contributed by atoms with Crippen molar-refractivity contribution in [3.8, 4) is 0 Å². The van der Waals surface area contributed by atoms with Crippen LogP contribution in [0.5, 0.6) is 0 Å². The molecule has 0 saturated heterocycles. The number of benzene rings is 1. The molecule has 3 aromatic rings. The molecule has 0 unspecified atom stereocenters. The molecule has 0 spiro atoms. The van der Waals surface area contributed by atoms with E-state index in [0.717, 1.165) is 18.9 Å². The maximum atomic E-state index is 6.07. The van der Waals surface area contributed by atoms with Gasteiger partial charge >= 0.3 is 0 Å². The normalized spacial score (nSPS) is 10.4. The minimum absolute atomic E-state index is 0.518. The first kappa shape index (κ1) is 16.2. The largest absolute Gasteiger partial charge is 0.367 e. The molecular weight excluding hydrogens is 322 g/mol. The molecule has 0 atom stereocenters. The first-order valence-electron chi connectivity index (χ1n) is 7.72. The van der Waals surface area contributed by atoms with E-state index in [0.29, 0.717) is 17.4 Å². The van der Waals surface area contributed by atoms with E-state index < -0.39 is 0 Å². The molecule has 0 bridgehead atoms. The summed E-state index contributed by atoms with van der Waals surface area (Å²) in [6.07, 6.45) is 4.87. The highest BCUT2D eigenvalue weighted by Crippen LogP contribution is 2.17. The predicted molar refractivity (Wildman–Crippen MR) is 97.3 cm³/mol. The number of pyridine rings is 1. The molecule has 0 amide bonds. The first-order chi connectivity index (χ1) is 11.8. The average Bonchev–Trinajstić information content (AvgIpc) is 2.64. The van der Waals surface area contributed by atoms with Crippen molar-refractivity contribution in [2.24, 2.45) is 0 Å². The second kappa shape index (κ2) is 8.26. The smallest absolute Gasteiger partial charge is 0.148 e. The Balaban J connectivity index is 1.67. The molecule has 122 valence electrons. The molecule has 0 radical (unpaired) electrons. The van der Waals surface area contributed by atoms with E-state index in [-0.39, 0.29) is 0 Å². The van der Waals surface area contributed by atoms with Gasteiger partial charge in [-0.25, -0.2) is 15.0 Å². The Morgan fingerprint density at radius 3 is 2.58 bits per heavy atom. The van der Waals surface area contributed by atoms with Crippen molar-refractivity contribution in [3.63, 3.8) is 0 Å². The van der Waals surface area contributed by atoms with Crippen LogP contribution in [0.25, 0.3) is 0 Å². The Morgan fingerprint density at radius 2 is 1.83 bits per heavy atom. The number of rotatable bonds is 7. The summed E-state index contributed by atoms with van der Waals surface area (Å²) in [6.45, 7) is 2.25. The van der Waals surface area contributed by atoms with Crippen molar-refractivity contribution in [1.82, 2.24) is 15.0 Å². The first-order valence-corrected chi connectivity index (χ1v) is 8.10. The lowest BCUT2D eigenvalue weighted by molar-refractivity contribution is 0.788. The van der Waals surface area contributed by atoms with Crippen LogP contribution in [0.15, 0.2) is 67.3 Å². The van der Waals surface area contributed by atoms with Gasteiger partial charge in [0.2, 0.25) is 0 Å². The summed E-state index contributed by atoms with van der Waals surface area (Å²) >= 11 is 6.07. The van der Waals surface area contributed by atoms with Gasteiger partial charge in [-0.15, -0.1) is 0 Å². The van der Waals surface area contributed by atoms with Gasteiger partial charge in [0.1, 0.15) is 23.0 Å². The van der Waals surface area contributed by atoms with Crippen LogP contribution in [0.2, 0.25) is 5.02 Å². The Morgan fingerprint density at radius 1 is 1.00 bits per heavy atom. The molecule has 1 N–H and O–H groups in total. The zero-order valence-electron chi connectivity index (χ0n) is 13.1. The van der Waals surface area contributed by atoms with Crippen LogP contribution in [0, 0.1) is 0 Å². The Hall–Kier alpha value is -2.66. The molecule has 2 aromatic heterocycles. The summed E-state index contributed by atoms with van der Waals surface area (Å²) in [5, 5.41) is 3.76. The number of aromatic nitrogens is 3. The van der Waals surface area contributed by atoms with Gasteiger partial charge in [-0.3, -0.25) is 0 Å². The minimum atomic E-state index is 0.518. The lowest BCUT2D eigenvalue weighted by Crippen LogP contribution is -2.29. The summed E-state index contributed by atoms with van der Waals surface area (Å²) in [5.41, 5.74) is 1.24. The molecule has 0 aliphatic rings. The van der Waals surface area contributed by atoms with Crippen molar-refractivity contribution in [2.45, 2.75) is 6.54 Å². The highest BCUT2D eigenvalue weighted by Gasteiger charge is 2.09. The van der Waals surface area contributed by atoms with Gasteiger partial charge in [0.25, 0.3) is 0 Å². The summed E-state index contributed by atoms with van der Waals surface area (Å²) in [4.78, 5) is 14.7. The standard InChI is InChI=1S/C18H18ClN5/c19-16-12-20-14-23-18(16)22-10-11-24(17-8-4-5-9-21-17)13-15-6-2-1-3-7-15/h1-9,12,14H,10-11,13H2,(H,20,22,23). The molecule has 24 heavy (non-hydrogen) atoms. The minimum Gasteiger partial charge on any atom is -0.367 e. The van der Waals surface area contributed by atoms with Crippen molar-refractivity contribution >= 4 is 23.2 Å². The Labute approximate surface area is 146 Å². The van der Waals surface area contributed by atoms with Gasteiger partial charge in [0.05, 0.1) is 6.20 Å². The number of hydrogen-bond acceptors (Lipinski definition) is 5. The van der Waals surface area contributed by atoms with Crippen molar-refractivity contribution < 1.29 is 0 Å². The summed E-state index contributed by atoms with van der Waals surface area (Å²) in [5.74, 6) is 1.59. The lowest BCUT2D eigenvalue weighted by atomic mass is 10.2. The number of nitrogens with zero attached hydrogens (tertiary/aromatic N) is 4. The maximum absolute atomic E-state index is 6.07. The van der Waals surface area contributed by atoms with Crippen LogP contribution in [0.1, 0.15) is 5.56 Å². The second-order valence-corrected chi connectivity index (χ2v) is 5.65. The maximum Gasteiger partial charge on any atom is 0.148 e. The molecule has 5 nitrogen and oxygen atoms in total. The Kier molecular flexibility index (Phi) is 5.58. The molecular formula is C18H18ClN5. The molecule has 3 rings (SSSR count). The monoisotopic (exact) mass is 339 g/mol. The fraction of sp³-hybridized carbons (Fsp3) is 0.167. The van der Waals surface area contributed by atoms with Crippen LogP contribution in [-0.2, 0) is 6.54 Å². The molecule has 6 heteroatoms. The lowest BCUT2D eigenvalue weighted by Gasteiger charge is -2.24. The third kappa shape index (κ3) is 4.43. The number of halogens is 1. The van der Waals surface area contributed by atoms with E-state index in [1.54, 1.807) is 6.20 Å². The van der Waals surface area contributed by atoms with Gasteiger partial charge in [-0.1, -0.05) is 48.0 Å². The quantitative estimate of drug-likeness (QED) is 0.712. The molecule has 0 saturated carbocycles. The predicted octanol–water partition coefficient (Wildman–Crippen LogP) is 3.64. The van der Waals surface area contributed by atoms with Gasteiger partial charge in [0, 0.05) is 25.8 Å². The van der Waals surface area contributed by atoms with E-state index in [1.807, 2.05) is 42.6 Å². The van der Waals surface area contributed by atoms with Crippen molar-refractivity contribution in [2.75, 3.05) is 23.3 Å². The third-order valence-corrected chi connectivity index (χ3v) is 3.81. The van der Waals surface area contributed by atoms with E-state index in [9.17, 15) is 0 Å². The van der Waals surface area contributed by atoms with Crippen LogP contribution in [0.3, 0.4) is 0 Å². The van der Waals surface area contributed by atoms with E-state index in [2.05, 4.69) is 37.3 Å². The van der Waals surface area contributed by atoms with Gasteiger partial charge in [-0.2, -0.15) is 0 Å².